The number of hydrogen-bond acceptors (Lipinski definition) is 3. The fraction of sp³-hybridized carbons (Fsp3) is 0.333. The van der Waals surface area contributed by atoms with Crippen molar-refractivity contribution in [3.8, 4) is 6.07 Å². The molecule has 1 atom stereocenters. The van der Waals surface area contributed by atoms with Crippen molar-refractivity contribution in [2.24, 2.45) is 0 Å². The normalized spacial score (nSPS) is 11.6. The second-order valence-corrected chi connectivity index (χ2v) is 3.86. The van der Waals surface area contributed by atoms with E-state index in [0.29, 0.717) is 5.56 Å². The Morgan fingerprint density at radius 1 is 1.65 bits per heavy atom. The predicted molar refractivity (Wildman–Crippen MR) is 62.6 cm³/mol. The highest BCUT2D eigenvalue weighted by Crippen LogP contribution is 2.15. The molecular weight excluding hydrogens is 221 g/mol. The van der Waals surface area contributed by atoms with Gasteiger partial charge >= 0.3 is 0 Å². The van der Waals surface area contributed by atoms with Gasteiger partial charge in [-0.2, -0.15) is 5.26 Å². The topological polar surface area (TPSA) is 70.1 Å². The summed E-state index contributed by atoms with van der Waals surface area (Å²) in [6.45, 7) is 1.77. The van der Waals surface area contributed by atoms with Crippen LogP contribution in [0, 0.1) is 17.1 Å². The molecule has 0 aliphatic rings. The van der Waals surface area contributed by atoms with Gasteiger partial charge in [-0.1, -0.05) is 0 Å². The highest BCUT2D eigenvalue weighted by atomic mass is 19.1. The summed E-state index contributed by atoms with van der Waals surface area (Å²) >= 11 is 0. The molecule has 17 heavy (non-hydrogen) atoms. The minimum atomic E-state index is -0.547. The van der Waals surface area contributed by atoms with Gasteiger partial charge < -0.3 is 10.6 Å². The molecule has 1 aromatic rings. The molecule has 2 N–H and O–H groups in total. The van der Waals surface area contributed by atoms with E-state index in [9.17, 15) is 9.18 Å². The van der Waals surface area contributed by atoms with Gasteiger partial charge in [0.2, 0.25) is 0 Å². The molecule has 1 aromatic carbocycles. The summed E-state index contributed by atoms with van der Waals surface area (Å²) < 4.78 is 12.9. The molecule has 0 fully saturated rings. The van der Waals surface area contributed by atoms with E-state index in [0.717, 1.165) is 6.07 Å². The Morgan fingerprint density at radius 3 is 2.82 bits per heavy atom. The van der Waals surface area contributed by atoms with Crippen molar-refractivity contribution in [1.29, 1.82) is 5.26 Å². The van der Waals surface area contributed by atoms with Crippen LogP contribution in [0.5, 0.6) is 0 Å². The summed E-state index contributed by atoms with van der Waals surface area (Å²) in [7, 11) is 1.60. The highest BCUT2D eigenvalue weighted by molar-refractivity contribution is 5.95. The third-order valence-electron chi connectivity index (χ3n) is 2.61. The quantitative estimate of drug-likeness (QED) is 0.812. The van der Waals surface area contributed by atoms with Gasteiger partial charge in [-0.25, -0.2) is 4.39 Å². The molecule has 0 spiro atoms. The zero-order valence-electron chi connectivity index (χ0n) is 9.77. The standard InChI is InChI=1S/C12H14FN3O/c1-8(5-6-14)16(2)12(17)9-3-4-10(13)11(15)7-9/h3-4,7-8H,5,15H2,1-2H3. The first kappa shape index (κ1) is 13.0. The molecule has 0 bridgehead atoms. The first-order valence-corrected chi connectivity index (χ1v) is 5.16. The fourth-order valence-corrected chi connectivity index (χ4v) is 1.35. The van der Waals surface area contributed by atoms with Crippen molar-refractivity contribution in [1.82, 2.24) is 4.90 Å². The minimum Gasteiger partial charge on any atom is -0.396 e. The van der Waals surface area contributed by atoms with E-state index >= 15 is 0 Å². The maximum Gasteiger partial charge on any atom is 0.253 e. The van der Waals surface area contributed by atoms with Gasteiger partial charge in [0.05, 0.1) is 18.2 Å². The first-order chi connectivity index (χ1) is 7.97. The summed E-state index contributed by atoms with van der Waals surface area (Å²) in [4.78, 5) is 13.4. The van der Waals surface area contributed by atoms with Crippen LogP contribution in [0.4, 0.5) is 10.1 Å². The SMILES string of the molecule is CC(CC#N)N(C)C(=O)c1ccc(F)c(N)c1. The van der Waals surface area contributed by atoms with Crippen molar-refractivity contribution in [2.45, 2.75) is 19.4 Å². The Balaban J connectivity index is 2.89. The third-order valence-corrected chi connectivity index (χ3v) is 2.61. The number of hydrogen-bond donors (Lipinski definition) is 1. The zero-order valence-corrected chi connectivity index (χ0v) is 9.77. The lowest BCUT2D eigenvalue weighted by atomic mass is 10.1. The second kappa shape index (κ2) is 5.30. The number of amides is 1. The number of nitrogen functional groups attached to an aromatic ring is 1. The number of anilines is 1. The molecule has 0 heterocycles. The Labute approximate surface area is 99.4 Å². The summed E-state index contributed by atoms with van der Waals surface area (Å²) in [5, 5.41) is 8.56. The van der Waals surface area contributed by atoms with Crippen LogP contribution in [-0.2, 0) is 0 Å². The number of carbonyl (C=O) groups excluding carboxylic acids is 1. The molecule has 1 unspecified atom stereocenters. The van der Waals surface area contributed by atoms with E-state index in [1.807, 2.05) is 6.07 Å². The van der Waals surface area contributed by atoms with Crippen LogP contribution in [0.1, 0.15) is 23.7 Å². The number of rotatable bonds is 3. The molecule has 0 aromatic heterocycles. The number of benzene rings is 1. The van der Waals surface area contributed by atoms with Gasteiger partial charge in [0.1, 0.15) is 5.82 Å². The van der Waals surface area contributed by atoms with Crippen molar-refractivity contribution in [2.75, 3.05) is 12.8 Å². The van der Waals surface area contributed by atoms with Gasteiger partial charge in [-0.3, -0.25) is 4.79 Å². The van der Waals surface area contributed by atoms with Crippen LogP contribution < -0.4 is 5.73 Å². The maximum atomic E-state index is 12.9. The molecule has 0 aliphatic heterocycles. The lowest BCUT2D eigenvalue weighted by molar-refractivity contribution is 0.0746. The Morgan fingerprint density at radius 2 is 2.29 bits per heavy atom. The monoisotopic (exact) mass is 235 g/mol. The number of carbonyl (C=O) groups is 1. The Hall–Kier alpha value is -2.09. The van der Waals surface area contributed by atoms with Gasteiger partial charge in [-0.05, 0) is 25.1 Å². The van der Waals surface area contributed by atoms with Crippen LogP contribution in [0.2, 0.25) is 0 Å². The summed E-state index contributed by atoms with van der Waals surface area (Å²) in [5.41, 5.74) is 5.65. The summed E-state index contributed by atoms with van der Waals surface area (Å²) in [6.07, 6.45) is 0.249. The maximum absolute atomic E-state index is 12.9. The van der Waals surface area contributed by atoms with Crippen LogP contribution in [-0.4, -0.2) is 23.9 Å². The van der Waals surface area contributed by atoms with E-state index in [-0.39, 0.29) is 24.1 Å². The average Bonchev–Trinajstić information content (AvgIpc) is 2.31. The number of halogens is 1. The summed E-state index contributed by atoms with van der Waals surface area (Å²) in [5.74, 6) is -0.825. The minimum absolute atomic E-state index is 0.0582. The van der Waals surface area contributed by atoms with E-state index in [1.54, 1.807) is 14.0 Å². The van der Waals surface area contributed by atoms with Crippen LogP contribution in [0.3, 0.4) is 0 Å². The van der Waals surface area contributed by atoms with Crippen molar-refractivity contribution in [3.63, 3.8) is 0 Å². The number of nitrogens with two attached hydrogens (primary N) is 1. The second-order valence-electron chi connectivity index (χ2n) is 3.86. The van der Waals surface area contributed by atoms with Crippen LogP contribution in [0.25, 0.3) is 0 Å². The van der Waals surface area contributed by atoms with Gasteiger partial charge in [0, 0.05) is 18.7 Å². The lowest BCUT2D eigenvalue weighted by Crippen LogP contribution is -2.34. The molecule has 4 nitrogen and oxygen atoms in total. The first-order valence-electron chi connectivity index (χ1n) is 5.16. The van der Waals surface area contributed by atoms with E-state index < -0.39 is 5.82 Å². The molecule has 0 saturated heterocycles. The molecule has 0 saturated carbocycles. The summed E-state index contributed by atoms with van der Waals surface area (Å²) in [6, 6.07) is 5.64. The molecule has 0 radical (unpaired) electrons. The number of nitriles is 1. The highest BCUT2D eigenvalue weighted by Gasteiger charge is 2.17. The Bertz CT molecular complexity index is 467. The van der Waals surface area contributed by atoms with Gasteiger partial charge in [-0.15, -0.1) is 0 Å². The molecular formula is C12H14FN3O. The third kappa shape index (κ3) is 2.94. The van der Waals surface area contributed by atoms with E-state index in [4.69, 9.17) is 11.0 Å². The molecule has 5 heteroatoms. The molecule has 0 aliphatic carbocycles. The van der Waals surface area contributed by atoms with Crippen LogP contribution >= 0.6 is 0 Å². The molecule has 1 amide bonds. The zero-order chi connectivity index (χ0) is 13.0. The molecule has 1 rings (SSSR count). The fourth-order valence-electron chi connectivity index (χ4n) is 1.35. The van der Waals surface area contributed by atoms with Crippen LogP contribution in [0.15, 0.2) is 18.2 Å². The molecule has 90 valence electrons. The largest absolute Gasteiger partial charge is 0.396 e. The smallest absolute Gasteiger partial charge is 0.253 e. The van der Waals surface area contributed by atoms with E-state index in [2.05, 4.69) is 0 Å². The predicted octanol–water partition coefficient (Wildman–Crippen LogP) is 1.78. The van der Waals surface area contributed by atoms with Crippen molar-refractivity contribution in [3.05, 3.63) is 29.6 Å². The average molecular weight is 235 g/mol. The van der Waals surface area contributed by atoms with Crippen molar-refractivity contribution >= 4 is 11.6 Å². The van der Waals surface area contributed by atoms with Gasteiger partial charge in [0.25, 0.3) is 5.91 Å². The lowest BCUT2D eigenvalue weighted by Gasteiger charge is -2.23. The van der Waals surface area contributed by atoms with E-state index in [1.165, 1.54) is 17.0 Å². The van der Waals surface area contributed by atoms with Gasteiger partial charge in [0.15, 0.2) is 0 Å². The Kier molecular flexibility index (Phi) is 4.05. The van der Waals surface area contributed by atoms with Crippen molar-refractivity contribution < 1.29 is 9.18 Å². The number of nitrogens with zero attached hydrogens (tertiary/aromatic N) is 2.